The molecule has 88 valence electrons. The number of hydrogen-bond donors (Lipinski definition) is 2. The quantitative estimate of drug-likeness (QED) is 0.773. The Labute approximate surface area is 90.6 Å². The molecule has 0 atom stereocenters. The SMILES string of the molecule is CCCNC(=O)Nc1ccc(F)c(F)c1F. The van der Waals surface area contributed by atoms with Gasteiger partial charge >= 0.3 is 6.03 Å². The molecule has 1 rings (SSSR count). The Kier molecular flexibility index (Phi) is 4.16. The maximum absolute atomic E-state index is 13.1. The second kappa shape index (κ2) is 5.39. The first-order valence-corrected chi connectivity index (χ1v) is 4.74. The van der Waals surface area contributed by atoms with Crippen molar-refractivity contribution in [1.29, 1.82) is 0 Å². The van der Waals surface area contributed by atoms with Crippen molar-refractivity contribution in [2.24, 2.45) is 0 Å². The molecule has 2 amide bonds. The Morgan fingerprint density at radius 2 is 1.94 bits per heavy atom. The Morgan fingerprint density at radius 1 is 1.25 bits per heavy atom. The van der Waals surface area contributed by atoms with Crippen LogP contribution in [0.5, 0.6) is 0 Å². The van der Waals surface area contributed by atoms with Crippen LogP contribution < -0.4 is 10.6 Å². The highest BCUT2D eigenvalue weighted by molar-refractivity contribution is 5.89. The minimum Gasteiger partial charge on any atom is -0.338 e. The van der Waals surface area contributed by atoms with Crippen molar-refractivity contribution in [3.63, 3.8) is 0 Å². The maximum atomic E-state index is 13.1. The standard InChI is InChI=1S/C10H11F3N2O/c1-2-5-14-10(16)15-7-4-3-6(11)8(12)9(7)13/h3-4H,2,5H2,1H3,(H2,14,15,16). The van der Waals surface area contributed by atoms with E-state index in [4.69, 9.17) is 0 Å². The van der Waals surface area contributed by atoms with Crippen LogP contribution >= 0.6 is 0 Å². The second-order valence-electron chi connectivity index (χ2n) is 3.10. The van der Waals surface area contributed by atoms with E-state index in [1.165, 1.54) is 0 Å². The van der Waals surface area contributed by atoms with Gasteiger partial charge in [0, 0.05) is 6.54 Å². The molecule has 0 aromatic heterocycles. The van der Waals surface area contributed by atoms with Gasteiger partial charge in [0.15, 0.2) is 17.5 Å². The lowest BCUT2D eigenvalue weighted by atomic mass is 10.3. The molecule has 1 aromatic carbocycles. The van der Waals surface area contributed by atoms with E-state index >= 15 is 0 Å². The average molecular weight is 232 g/mol. The molecule has 0 heterocycles. The summed E-state index contributed by atoms with van der Waals surface area (Å²) in [4.78, 5) is 11.1. The zero-order valence-corrected chi connectivity index (χ0v) is 8.61. The lowest BCUT2D eigenvalue weighted by Crippen LogP contribution is -2.29. The lowest BCUT2D eigenvalue weighted by Gasteiger charge is -2.08. The topological polar surface area (TPSA) is 41.1 Å². The number of halogens is 3. The molecule has 0 radical (unpaired) electrons. The van der Waals surface area contributed by atoms with E-state index in [2.05, 4.69) is 10.6 Å². The minimum atomic E-state index is -1.60. The van der Waals surface area contributed by atoms with E-state index in [0.717, 1.165) is 12.1 Å². The molecule has 0 spiro atoms. The summed E-state index contributed by atoms with van der Waals surface area (Å²) in [7, 11) is 0. The minimum absolute atomic E-state index is 0.396. The van der Waals surface area contributed by atoms with Crippen molar-refractivity contribution < 1.29 is 18.0 Å². The molecule has 0 aliphatic carbocycles. The van der Waals surface area contributed by atoms with E-state index in [1.54, 1.807) is 0 Å². The molecular formula is C10H11F3N2O. The zero-order chi connectivity index (χ0) is 12.1. The number of nitrogens with one attached hydrogen (secondary N) is 2. The van der Waals surface area contributed by atoms with Crippen molar-refractivity contribution in [2.45, 2.75) is 13.3 Å². The fourth-order valence-corrected chi connectivity index (χ4v) is 1.03. The first kappa shape index (κ1) is 12.4. The van der Waals surface area contributed by atoms with Crippen LogP contribution in [0, 0.1) is 17.5 Å². The molecule has 2 N–H and O–H groups in total. The van der Waals surface area contributed by atoms with Crippen LogP contribution in [0.4, 0.5) is 23.7 Å². The molecule has 0 bridgehead atoms. The van der Waals surface area contributed by atoms with E-state index in [0.29, 0.717) is 13.0 Å². The Morgan fingerprint density at radius 3 is 2.56 bits per heavy atom. The van der Waals surface area contributed by atoms with Gasteiger partial charge in [-0.2, -0.15) is 0 Å². The van der Waals surface area contributed by atoms with Crippen LogP contribution in [0.2, 0.25) is 0 Å². The highest BCUT2D eigenvalue weighted by atomic mass is 19.2. The summed E-state index contributed by atoms with van der Waals surface area (Å²) in [5.41, 5.74) is -0.396. The van der Waals surface area contributed by atoms with E-state index in [-0.39, 0.29) is 0 Å². The third kappa shape index (κ3) is 2.88. The number of hydrogen-bond acceptors (Lipinski definition) is 1. The fourth-order valence-electron chi connectivity index (χ4n) is 1.03. The van der Waals surface area contributed by atoms with Gasteiger partial charge in [0.1, 0.15) is 0 Å². The Balaban J connectivity index is 2.74. The van der Waals surface area contributed by atoms with Crippen molar-refractivity contribution in [1.82, 2.24) is 5.32 Å². The molecule has 1 aromatic rings. The smallest absolute Gasteiger partial charge is 0.319 e. The van der Waals surface area contributed by atoms with Gasteiger partial charge in [0.2, 0.25) is 0 Å². The van der Waals surface area contributed by atoms with E-state index < -0.39 is 29.2 Å². The number of urea groups is 1. The first-order chi connectivity index (χ1) is 7.56. The van der Waals surface area contributed by atoms with Gasteiger partial charge in [-0.05, 0) is 18.6 Å². The zero-order valence-electron chi connectivity index (χ0n) is 8.61. The van der Waals surface area contributed by atoms with E-state index in [1.807, 2.05) is 6.92 Å². The van der Waals surface area contributed by atoms with Crippen LogP contribution in [-0.4, -0.2) is 12.6 Å². The number of rotatable bonds is 3. The van der Waals surface area contributed by atoms with Crippen molar-refractivity contribution in [3.05, 3.63) is 29.6 Å². The molecule has 16 heavy (non-hydrogen) atoms. The summed E-state index contributed by atoms with van der Waals surface area (Å²) in [6.07, 6.45) is 0.716. The van der Waals surface area contributed by atoms with Gasteiger partial charge in [0.05, 0.1) is 5.69 Å². The maximum Gasteiger partial charge on any atom is 0.319 e. The van der Waals surface area contributed by atoms with Crippen LogP contribution in [0.15, 0.2) is 12.1 Å². The number of anilines is 1. The van der Waals surface area contributed by atoms with Crippen LogP contribution in [0.25, 0.3) is 0 Å². The molecule has 0 aliphatic rings. The summed E-state index contributed by atoms with van der Waals surface area (Å²) in [6, 6.07) is 1.04. The summed E-state index contributed by atoms with van der Waals surface area (Å²) in [5, 5.41) is 4.49. The normalized spacial score (nSPS) is 10.0. The molecule has 0 saturated heterocycles. The second-order valence-corrected chi connectivity index (χ2v) is 3.10. The fraction of sp³-hybridized carbons (Fsp3) is 0.300. The molecule has 3 nitrogen and oxygen atoms in total. The lowest BCUT2D eigenvalue weighted by molar-refractivity contribution is 0.252. The van der Waals surface area contributed by atoms with Crippen LogP contribution in [-0.2, 0) is 0 Å². The number of benzene rings is 1. The van der Waals surface area contributed by atoms with Crippen molar-refractivity contribution in [3.8, 4) is 0 Å². The average Bonchev–Trinajstić information content (AvgIpc) is 2.27. The summed E-state index contributed by atoms with van der Waals surface area (Å²) in [5.74, 6) is -4.31. The highest BCUT2D eigenvalue weighted by Gasteiger charge is 2.14. The predicted molar refractivity (Wildman–Crippen MR) is 53.6 cm³/mol. The van der Waals surface area contributed by atoms with Gasteiger partial charge in [-0.3, -0.25) is 0 Å². The third-order valence-electron chi connectivity index (χ3n) is 1.82. The highest BCUT2D eigenvalue weighted by Crippen LogP contribution is 2.19. The molecule has 6 heteroatoms. The summed E-state index contributed by atoms with van der Waals surface area (Å²) < 4.78 is 38.4. The van der Waals surface area contributed by atoms with Gasteiger partial charge < -0.3 is 10.6 Å². The number of carbonyl (C=O) groups excluding carboxylic acids is 1. The molecular weight excluding hydrogens is 221 g/mol. The molecule has 0 fully saturated rings. The van der Waals surface area contributed by atoms with Gasteiger partial charge in [-0.1, -0.05) is 6.92 Å². The monoisotopic (exact) mass is 232 g/mol. The van der Waals surface area contributed by atoms with Crippen molar-refractivity contribution >= 4 is 11.7 Å². The van der Waals surface area contributed by atoms with Crippen LogP contribution in [0.1, 0.15) is 13.3 Å². The Bertz CT molecular complexity index is 396. The van der Waals surface area contributed by atoms with Gasteiger partial charge in [-0.15, -0.1) is 0 Å². The van der Waals surface area contributed by atoms with Crippen LogP contribution in [0.3, 0.4) is 0 Å². The summed E-state index contributed by atoms with van der Waals surface area (Å²) in [6.45, 7) is 2.26. The van der Waals surface area contributed by atoms with Crippen molar-refractivity contribution in [2.75, 3.05) is 11.9 Å². The third-order valence-corrected chi connectivity index (χ3v) is 1.82. The Hall–Kier alpha value is -1.72. The summed E-state index contributed by atoms with van der Waals surface area (Å²) >= 11 is 0. The van der Waals surface area contributed by atoms with E-state index in [9.17, 15) is 18.0 Å². The first-order valence-electron chi connectivity index (χ1n) is 4.74. The van der Waals surface area contributed by atoms with Gasteiger partial charge in [0.25, 0.3) is 0 Å². The van der Waals surface area contributed by atoms with Gasteiger partial charge in [-0.25, -0.2) is 18.0 Å². The predicted octanol–water partition coefficient (Wildman–Crippen LogP) is 2.64. The molecule has 0 unspecified atom stereocenters. The largest absolute Gasteiger partial charge is 0.338 e. The molecule has 0 aliphatic heterocycles. The molecule has 0 saturated carbocycles. The number of amides is 2. The number of carbonyl (C=O) groups is 1.